The van der Waals surface area contributed by atoms with Crippen LogP contribution in [0.3, 0.4) is 0 Å². The van der Waals surface area contributed by atoms with Gasteiger partial charge in [-0.15, -0.1) is 0 Å². The summed E-state index contributed by atoms with van der Waals surface area (Å²) in [6, 6.07) is 11.8. The van der Waals surface area contributed by atoms with E-state index in [1.165, 1.54) is 0 Å². The van der Waals surface area contributed by atoms with Crippen molar-refractivity contribution in [2.45, 2.75) is 12.8 Å². The number of carbonyl (C=O) groups is 1. The van der Waals surface area contributed by atoms with Crippen molar-refractivity contribution in [2.24, 2.45) is 0 Å². The Hall–Kier alpha value is -2.11. The monoisotopic (exact) mass is 332 g/mol. The van der Waals surface area contributed by atoms with Crippen molar-refractivity contribution in [1.29, 1.82) is 0 Å². The minimum Gasteiger partial charge on any atom is -0.497 e. The van der Waals surface area contributed by atoms with Crippen molar-refractivity contribution in [2.75, 3.05) is 40.6 Å². The van der Waals surface area contributed by atoms with Crippen LogP contribution >= 0.6 is 0 Å². The fourth-order valence-electron chi connectivity index (χ4n) is 2.35. The predicted molar refractivity (Wildman–Crippen MR) is 92.6 cm³/mol. The van der Waals surface area contributed by atoms with Gasteiger partial charge in [-0.3, -0.25) is 4.79 Å². The molecule has 2 aromatic rings. The molecule has 0 radical (unpaired) electrons. The van der Waals surface area contributed by atoms with E-state index in [0.29, 0.717) is 19.8 Å². The van der Waals surface area contributed by atoms with E-state index in [9.17, 15) is 4.79 Å². The number of carbonyl (C=O) groups excluding carboxylic acids is 1. The SMILES string of the molecule is COCCOCCOC(=O)[C@H](C)c1ccc2cc(OC)ccc2c1. The highest BCUT2D eigenvalue weighted by Crippen LogP contribution is 2.25. The summed E-state index contributed by atoms with van der Waals surface area (Å²) in [6.07, 6.45) is 0. The van der Waals surface area contributed by atoms with E-state index in [-0.39, 0.29) is 18.5 Å². The van der Waals surface area contributed by atoms with Gasteiger partial charge in [0.1, 0.15) is 12.4 Å². The van der Waals surface area contributed by atoms with Crippen LogP contribution in [-0.4, -0.2) is 46.6 Å². The Labute approximate surface area is 142 Å². The van der Waals surface area contributed by atoms with Gasteiger partial charge in [0.2, 0.25) is 0 Å². The van der Waals surface area contributed by atoms with Crippen LogP contribution in [0.1, 0.15) is 18.4 Å². The van der Waals surface area contributed by atoms with Crippen molar-refractivity contribution in [3.8, 4) is 5.75 Å². The summed E-state index contributed by atoms with van der Waals surface area (Å²) in [5.41, 5.74) is 0.929. The van der Waals surface area contributed by atoms with Gasteiger partial charge in [-0.1, -0.05) is 24.3 Å². The molecule has 5 nitrogen and oxygen atoms in total. The topological polar surface area (TPSA) is 54.0 Å². The molecule has 0 aliphatic heterocycles. The Kier molecular flexibility index (Phi) is 7.03. The van der Waals surface area contributed by atoms with E-state index >= 15 is 0 Å². The molecule has 0 heterocycles. The Balaban J connectivity index is 1.92. The lowest BCUT2D eigenvalue weighted by atomic mass is 9.98. The molecule has 0 fully saturated rings. The fraction of sp³-hybridized carbons (Fsp3) is 0.421. The largest absolute Gasteiger partial charge is 0.497 e. The molecule has 5 heteroatoms. The van der Waals surface area contributed by atoms with Gasteiger partial charge >= 0.3 is 5.97 Å². The molecule has 2 rings (SSSR count). The average Bonchev–Trinajstić information content (AvgIpc) is 2.62. The summed E-state index contributed by atoms with van der Waals surface area (Å²) < 4.78 is 20.6. The Bertz CT molecular complexity index is 668. The lowest BCUT2D eigenvalue weighted by molar-refractivity contribution is -0.146. The zero-order chi connectivity index (χ0) is 17.4. The van der Waals surface area contributed by atoms with E-state index in [0.717, 1.165) is 22.1 Å². The summed E-state index contributed by atoms with van der Waals surface area (Å²) in [4.78, 5) is 12.1. The van der Waals surface area contributed by atoms with E-state index in [4.69, 9.17) is 18.9 Å². The van der Waals surface area contributed by atoms with Gasteiger partial charge in [-0.25, -0.2) is 0 Å². The lowest BCUT2D eigenvalue weighted by Crippen LogP contribution is -2.17. The number of ether oxygens (including phenoxy) is 4. The molecule has 0 N–H and O–H groups in total. The van der Waals surface area contributed by atoms with Crippen LogP contribution in [0.2, 0.25) is 0 Å². The summed E-state index contributed by atoms with van der Waals surface area (Å²) >= 11 is 0. The lowest BCUT2D eigenvalue weighted by Gasteiger charge is -2.13. The molecule has 0 spiro atoms. The molecule has 0 saturated carbocycles. The summed E-state index contributed by atoms with van der Waals surface area (Å²) in [6.45, 7) is 3.50. The van der Waals surface area contributed by atoms with Gasteiger partial charge in [0.25, 0.3) is 0 Å². The first kappa shape index (κ1) is 18.2. The Morgan fingerprint density at radius 2 is 1.67 bits per heavy atom. The van der Waals surface area contributed by atoms with Gasteiger partial charge < -0.3 is 18.9 Å². The first-order valence-corrected chi connectivity index (χ1v) is 7.96. The number of rotatable bonds is 9. The second-order valence-corrected chi connectivity index (χ2v) is 5.47. The molecule has 24 heavy (non-hydrogen) atoms. The first-order valence-electron chi connectivity index (χ1n) is 7.96. The van der Waals surface area contributed by atoms with Gasteiger partial charge in [-0.2, -0.15) is 0 Å². The number of esters is 1. The maximum Gasteiger partial charge on any atom is 0.313 e. The Morgan fingerprint density at radius 3 is 2.42 bits per heavy atom. The highest BCUT2D eigenvalue weighted by Gasteiger charge is 2.17. The maximum absolute atomic E-state index is 12.1. The van der Waals surface area contributed by atoms with Crippen molar-refractivity contribution in [3.63, 3.8) is 0 Å². The van der Waals surface area contributed by atoms with Crippen LogP contribution in [0.5, 0.6) is 5.75 Å². The van der Waals surface area contributed by atoms with Gasteiger partial charge in [-0.05, 0) is 35.4 Å². The minimum atomic E-state index is -0.324. The number of fused-ring (bicyclic) bond motifs is 1. The normalized spacial score (nSPS) is 12.1. The summed E-state index contributed by atoms with van der Waals surface area (Å²) in [7, 11) is 3.26. The molecule has 0 aliphatic carbocycles. The molecule has 0 amide bonds. The second kappa shape index (κ2) is 9.25. The van der Waals surface area contributed by atoms with Gasteiger partial charge in [0.05, 0.1) is 32.8 Å². The van der Waals surface area contributed by atoms with Crippen LogP contribution in [-0.2, 0) is 19.0 Å². The van der Waals surface area contributed by atoms with Crippen molar-refractivity contribution >= 4 is 16.7 Å². The smallest absolute Gasteiger partial charge is 0.313 e. The Morgan fingerprint density at radius 1 is 0.958 bits per heavy atom. The number of hydrogen-bond donors (Lipinski definition) is 0. The van der Waals surface area contributed by atoms with Crippen molar-refractivity contribution < 1.29 is 23.7 Å². The molecule has 0 saturated heterocycles. The van der Waals surface area contributed by atoms with Crippen molar-refractivity contribution in [3.05, 3.63) is 42.0 Å². The van der Waals surface area contributed by atoms with E-state index in [1.807, 2.05) is 43.3 Å². The van der Waals surface area contributed by atoms with Gasteiger partial charge in [0.15, 0.2) is 0 Å². The highest BCUT2D eigenvalue weighted by atomic mass is 16.6. The molecule has 0 bridgehead atoms. The summed E-state index contributed by atoms with van der Waals surface area (Å²) in [5, 5.41) is 2.14. The average molecular weight is 332 g/mol. The molecule has 0 aromatic heterocycles. The van der Waals surface area contributed by atoms with E-state index in [1.54, 1.807) is 14.2 Å². The number of methoxy groups -OCH3 is 2. The molecule has 130 valence electrons. The van der Waals surface area contributed by atoms with Crippen LogP contribution in [0, 0.1) is 0 Å². The third kappa shape index (κ3) is 4.94. The molecule has 2 aromatic carbocycles. The number of hydrogen-bond acceptors (Lipinski definition) is 5. The minimum absolute atomic E-state index is 0.248. The molecule has 0 aliphatic rings. The van der Waals surface area contributed by atoms with E-state index < -0.39 is 0 Å². The highest BCUT2D eigenvalue weighted by molar-refractivity contribution is 5.86. The van der Waals surface area contributed by atoms with Crippen LogP contribution in [0.25, 0.3) is 10.8 Å². The predicted octanol–water partition coefficient (Wildman–Crippen LogP) is 3.16. The third-order valence-corrected chi connectivity index (χ3v) is 3.83. The molecular weight excluding hydrogens is 308 g/mol. The van der Waals surface area contributed by atoms with Gasteiger partial charge in [0, 0.05) is 7.11 Å². The van der Waals surface area contributed by atoms with Crippen LogP contribution < -0.4 is 4.74 Å². The number of benzene rings is 2. The fourth-order valence-corrected chi connectivity index (χ4v) is 2.35. The molecule has 1 atom stereocenters. The van der Waals surface area contributed by atoms with Crippen LogP contribution in [0.15, 0.2) is 36.4 Å². The standard InChI is InChI=1S/C19H24O5/c1-14(19(20)24-11-10-23-9-8-21-2)15-4-5-17-13-18(22-3)7-6-16(17)12-15/h4-7,12-14H,8-11H2,1-3H3/t14-/m1/s1. The second-order valence-electron chi connectivity index (χ2n) is 5.47. The van der Waals surface area contributed by atoms with Crippen molar-refractivity contribution in [1.82, 2.24) is 0 Å². The van der Waals surface area contributed by atoms with E-state index in [2.05, 4.69) is 0 Å². The first-order chi connectivity index (χ1) is 11.7. The maximum atomic E-state index is 12.1. The zero-order valence-electron chi connectivity index (χ0n) is 14.4. The van der Waals surface area contributed by atoms with Crippen LogP contribution in [0.4, 0.5) is 0 Å². The molecular formula is C19H24O5. The zero-order valence-corrected chi connectivity index (χ0v) is 14.4. The third-order valence-electron chi connectivity index (χ3n) is 3.83. The quantitative estimate of drug-likeness (QED) is 0.521. The summed E-state index contributed by atoms with van der Waals surface area (Å²) in [5.74, 6) is 0.241. The molecule has 0 unspecified atom stereocenters.